The summed E-state index contributed by atoms with van der Waals surface area (Å²) in [5.41, 5.74) is 3.51. The number of hydrogen-bond donors (Lipinski definition) is 0. The Morgan fingerprint density at radius 3 is 1.44 bits per heavy atom. The van der Waals surface area contributed by atoms with Crippen molar-refractivity contribution in [1.82, 2.24) is 0 Å². The van der Waals surface area contributed by atoms with Gasteiger partial charge in [-0.15, -0.1) is 0 Å². The lowest BCUT2D eigenvalue weighted by molar-refractivity contribution is -0.654. The van der Waals surface area contributed by atoms with E-state index in [0.717, 1.165) is 64.0 Å². The highest BCUT2D eigenvalue weighted by molar-refractivity contribution is 7.13. The average Bonchev–Trinajstić information content (AvgIpc) is 3.56. The summed E-state index contributed by atoms with van der Waals surface area (Å²) in [6.07, 6.45) is 4.85. The lowest BCUT2D eigenvalue weighted by Crippen LogP contribution is -2.25. The van der Waals surface area contributed by atoms with E-state index in [1.54, 1.807) is 36.9 Å². The molecule has 2 aromatic carbocycles. The van der Waals surface area contributed by atoms with Crippen LogP contribution in [-0.4, -0.2) is 41.4 Å². The Bertz CT molecular complexity index is 1340. The van der Waals surface area contributed by atoms with E-state index in [1.807, 2.05) is 82.8 Å². The molecule has 0 saturated heterocycles. The molecule has 4 rings (SSSR count). The fourth-order valence-electron chi connectivity index (χ4n) is 3.92. The molecule has 41 heavy (non-hydrogen) atoms. The minimum Gasteiger partial charge on any atom is -0.495 e. The van der Waals surface area contributed by atoms with Crippen LogP contribution in [-0.2, 0) is 14.1 Å². The van der Waals surface area contributed by atoms with Crippen molar-refractivity contribution >= 4 is 55.7 Å². The Kier molecular flexibility index (Phi) is 12.8. The molecular weight excluding hydrogens is 557 g/mol. The number of azo groups is 2. The van der Waals surface area contributed by atoms with Gasteiger partial charge in [-0.1, -0.05) is 0 Å². The van der Waals surface area contributed by atoms with E-state index < -0.39 is 0 Å². The Morgan fingerprint density at radius 2 is 1.10 bits per heavy atom. The Morgan fingerprint density at radius 1 is 0.683 bits per heavy atom. The number of aryl methyl sites for hydroxylation is 2. The summed E-state index contributed by atoms with van der Waals surface area (Å²) in [6.45, 7) is 1.69. The standard InChI is InChI=1S/C27H34N8O2S2.2CH3/c1-32(22-10-8-20(18-24(22)36-5)28-30-26-34(3)14-16-38-26)12-7-13-33(2)23-11-9-21(19-25(23)37-6)29-31-27-35(4)15-17-39-27;;/h8-11,14-19H,7,12-13H2,1-6H3;2*1H3/q+2;2*-1. The number of thiazole rings is 2. The van der Waals surface area contributed by atoms with Crippen molar-refractivity contribution in [3.05, 3.63) is 74.4 Å². The van der Waals surface area contributed by atoms with Gasteiger partial charge < -0.3 is 34.1 Å². The molecule has 0 aliphatic heterocycles. The summed E-state index contributed by atoms with van der Waals surface area (Å²) in [7, 11) is 11.4. The number of aromatic nitrogens is 2. The maximum Gasteiger partial charge on any atom is 0.408 e. The predicted octanol–water partition coefficient (Wildman–Crippen LogP) is 7.17. The third kappa shape index (κ3) is 8.54. The van der Waals surface area contributed by atoms with Crippen molar-refractivity contribution in [2.75, 3.05) is 51.2 Å². The molecule has 0 atom stereocenters. The number of benzene rings is 2. The molecule has 220 valence electrons. The van der Waals surface area contributed by atoms with E-state index in [4.69, 9.17) is 9.47 Å². The zero-order valence-corrected chi connectivity index (χ0v) is 26.7. The third-order valence-electron chi connectivity index (χ3n) is 6.16. The Balaban J connectivity index is 0.00000294. The first-order chi connectivity index (χ1) is 18.9. The molecule has 0 unspecified atom stereocenters. The van der Waals surface area contributed by atoms with Crippen LogP contribution in [0.1, 0.15) is 6.42 Å². The summed E-state index contributed by atoms with van der Waals surface area (Å²) in [5, 5.41) is 23.1. The van der Waals surface area contributed by atoms with Gasteiger partial charge in [-0.25, -0.2) is 9.13 Å². The predicted molar refractivity (Wildman–Crippen MR) is 169 cm³/mol. The number of anilines is 2. The minimum absolute atomic E-state index is 0. The summed E-state index contributed by atoms with van der Waals surface area (Å²) in [5.74, 6) is 1.53. The molecule has 4 aromatic rings. The third-order valence-corrected chi connectivity index (χ3v) is 7.83. The van der Waals surface area contributed by atoms with E-state index in [-0.39, 0.29) is 14.9 Å². The van der Waals surface area contributed by atoms with Crippen LogP contribution >= 0.6 is 22.7 Å². The lowest BCUT2D eigenvalue weighted by Gasteiger charge is -2.25. The molecule has 0 fully saturated rings. The Labute approximate surface area is 251 Å². The van der Waals surface area contributed by atoms with Gasteiger partial charge in [0.25, 0.3) is 0 Å². The van der Waals surface area contributed by atoms with Crippen LogP contribution in [0.2, 0.25) is 0 Å². The molecule has 2 aromatic heterocycles. The molecule has 12 heteroatoms. The van der Waals surface area contributed by atoms with Gasteiger partial charge in [0.2, 0.25) is 0 Å². The number of methoxy groups -OCH3 is 2. The normalized spacial score (nSPS) is 10.9. The second-order valence-electron chi connectivity index (χ2n) is 8.90. The molecule has 2 heterocycles. The fourth-order valence-corrected chi connectivity index (χ4v) is 5.28. The van der Waals surface area contributed by atoms with Crippen molar-refractivity contribution in [2.45, 2.75) is 6.42 Å². The summed E-state index contributed by atoms with van der Waals surface area (Å²) in [6, 6.07) is 11.8. The topological polar surface area (TPSA) is 82.1 Å². The zero-order valence-electron chi connectivity index (χ0n) is 25.1. The van der Waals surface area contributed by atoms with E-state index in [1.165, 1.54) is 0 Å². The molecule has 0 N–H and O–H groups in total. The number of rotatable bonds is 12. The second-order valence-corrected chi connectivity index (χ2v) is 10.6. The highest BCUT2D eigenvalue weighted by atomic mass is 32.1. The average molecular weight is 597 g/mol. The van der Waals surface area contributed by atoms with Crippen LogP contribution in [0.5, 0.6) is 11.5 Å². The number of hydrogen-bond acceptors (Lipinski definition) is 10. The van der Waals surface area contributed by atoms with Crippen LogP contribution in [0.4, 0.5) is 33.0 Å². The van der Waals surface area contributed by atoms with E-state index >= 15 is 0 Å². The van der Waals surface area contributed by atoms with Gasteiger partial charge in [0.15, 0.2) is 0 Å². The lowest BCUT2D eigenvalue weighted by atomic mass is 10.2. The summed E-state index contributed by atoms with van der Waals surface area (Å²) >= 11 is 3.09. The highest BCUT2D eigenvalue weighted by Gasteiger charge is 2.14. The largest absolute Gasteiger partial charge is 0.495 e. The molecule has 0 aliphatic rings. The van der Waals surface area contributed by atoms with Gasteiger partial charge >= 0.3 is 10.3 Å². The van der Waals surface area contributed by atoms with Crippen LogP contribution in [0, 0.1) is 14.9 Å². The first-order valence-corrected chi connectivity index (χ1v) is 14.1. The first kappa shape index (κ1) is 33.3. The summed E-state index contributed by atoms with van der Waals surface area (Å²) in [4.78, 5) is 4.39. The molecule has 0 radical (unpaired) electrons. The number of ether oxygens (including phenoxy) is 2. The van der Waals surface area contributed by atoms with Gasteiger partial charge in [0.05, 0.1) is 49.9 Å². The molecule has 0 aliphatic carbocycles. The molecule has 0 amide bonds. The van der Waals surface area contributed by atoms with E-state index in [2.05, 4.69) is 44.4 Å². The molecular formula is C29H40N8O2S2. The number of nitrogens with zero attached hydrogens (tertiary/aromatic N) is 8. The SMILES string of the molecule is COc1cc(N=Nc2scc[n+]2C)ccc1N(C)CCCN(C)c1ccc(N=Nc2scc[n+]2C)cc1OC.[CH3-].[CH3-]. The quantitative estimate of drug-likeness (QED) is 0.0986. The van der Waals surface area contributed by atoms with Crippen molar-refractivity contribution in [2.24, 2.45) is 34.6 Å². The smallest absolute Gasteiger partial charge is 0.408 e. The van der Waals surface area contributed by atoms with Crippen LogP contribution in [0.25, 0.3) is 0 Å². The van der Waals surface area contributed by atoms with Gasteiger partial charge in [-0.3, -0.25) is 0 Å². The zero-order chi connectivity index (χ0) is 27.8. The van der Waals surface area contributed by atoms with Gasteiger partial charge in [-0.2, -0.15) is 0 Å². The van der Waals surface area contributed by atoms with Crippen molar-refractivity contribution in [3.8, 4) is 11.5 Å². The first-order valence-electron chi connectivity index (χ1n) is 12.4. The van der Waals surface area contributed by atoms with Crippen LogP contribution in [0.15, 0.2) is 80.0 Å². The highest BCUT2D eigenvalue weighted by Crippen LogP contribution is 2.34. The minimum atomic E-state index is 0. The van der Waals surface area contributed by atoms with Crippen LogP contribution < -0.4 is 28.4 Å². The van der Waals surface area contributed by atoms with Crippen molar-refractivity contribution < 1.29 is 18.6 Å². The van der Waals surface area contributed by atoms with E-state index in [9.17, 15) is 0 Å². The maximum absolute atomic E-state index is 5.67. The second kappa shape index (κ2) is 15.8. The van der Waals surface area contributed by atoms with Gasteiger partial charge in [0, 0.05) is 50.1 Å². The molecule has 10 nitrogen and oxygen atoms in total. The molecule has 0 bridgehead atoms. The monoisotopic (exact) mass is 596 g/mol. The van der Waals surface area contributed by atoms with Crippen molar-refractivity contribution in [1.29, 1.82) is 0 Å². The molecule has 0 spiro atoms. The van der Waals surface area contributed by atoms with Crippen LogP contribution in [0.3, 0.4) is 0 Å². The van der Waals surface area contributed by atoms with Gasteiger partial charge in [0.1, 0.15) is 35.3 Å². The van der Waals surface area contributed by atoms with Crippen molar-refractivity contribution in [3.63, 3.8) is 0 Å². The summed E-state index contributed by atoms with van der Waals surface area (Å²) < 4.78 is 15.2. The fraction of sp³-hybridized carbons (Fsp3) is 0.310. The molecule has 0 saturated carbocycles. The van der Waals surface area contributed by atoms with Gasteiger partial charge in [-0.05, 0) is 63.6 Å². The Hall–Kier alpha value is -3.90. The maximum atomic E-state index is 5.67. The van der Waals surface area contributed by atoms with E-state index in [0.29, 0.717) is 0 Å².